The lowest BCUT2D eigenvalue weighted by Crippen LogP contribution is -2.24. The Labute approximate surface area is 184 Å². The van der Waals surface area contributed by atoms with E-state index >= 15 is 0 Å². The second-order valence-electron chi connectivity index (χ2n) is 7.59. The molecule has 32 heavy (non-hydrogen) atoms. The number of aromatic carboxylic acids is 1. The molecule has 0 radical (unpaired) electrons. The van der Waals surface area contributed by atoms with Gasteiger partial charge >= 0.3 is 0 Å². The first-order chi connectivity index (χ1) is 15.4. The molecule has 0 spiro atoms. The van der Waals surface area contributed by atoms with Gasteiger partial charge in [0.05, 0.1) is 23.9 Å². The molecule has 8 nitrogen and oxygen atoms in total. The van der Waals surface area contributed by atoms with Crippen LogP contribution in [0.1, 0.15) is 27.2 Å². The summed E-state index contributed by atoms with van der Waals surface area (Å²) in [4.78, 5) is 23.4. The molecule has 4 aromatic rings. The molecule has 0 aliphatic carbocycles. The summed E-state index contributed by atoms with van der Waals surface area (Å²) in [6.07, 6.45) is 0.745. The number of carbonyl (C=O) groups is 1. The van der Waals surface area contributed by atoms with E-state index in [1.54, 1.807) is 22.9 Å². The van der Waals surface area contributed by atoms with Gasteiger partial charge in [0.1, 0.15) is 5.82 Å². The fraction of sp³-hybridized carbons (Fsp3) is 0.167. The summed E-state index contributed by atoms with van der Waals surface area (Å²) in [5.41, 5.74) is 9.92. The van der Waals surface area contributed by atoms with E-state index < -0.39 is 5.97 Å². The highest BCUT2D eigenvalue weighted by molar-refractivity contribution is 5.85. The SMILES string of the molecule is Cc1cc(N)n(CCc2cccc(-c3ccc(=O)n(Cc4cccc(C(=O)[O-])c4)n3)c2)n1. The number of nitrogens with zero attached hydrogens (tertiary/aromatic N) is 4. The standard InChI is InChI=1S/C24H23N5O3/c1-16-12-22(25)28(26-16)11-10-17-4-2-6-19(13-17)21-8-9-23(30)29(27-21)15-18-5-3-7-20(14-18)24(31)32/h2-9,12-14H,10-11,15,25H2,1H3,(H,31,32)/p-1. The molecular weight excluding hydrogens is 406 g/mol. The lowest BCUT2D eigenvalue weighted by molar-refractivity contribution is -0.255. The molecule has 0 atom stereocenters. The lowest BCUT2D eigenvalue weighted by Gasteiger charge is -2.10. The molecule has 2 aromatic carbocycles. The van der Waals surface area contributed by atoms with Gasteiger partial charge in [0.15, 0.2) is 0 Å². The monoisotopic (exact) mass is 428 g/mol. The zero-order valence-corrected chi connectivity index (χ0v) is 17.6. The van der Waals surface area contributed by atoms with E-state index in [0.717, 1.165) is 23.2 Å². The molecule has 2 aromatic heterocycles. The van der Waals surface area contributed by atoms with Gasteiger partial charge in [-0.25, -0.2) is 9.36 Å². The van der Waals surface area contributed by atoms with Crippen LogP contribution in [0.25, 0.3) is 11.3 Å². The van der Waals surface area contributed by atoms with Crippen LogP contribution in [0.5, 0.6) is 0 Å². The number of aryl methyl sites for hydroxylation is 3. The molecule has 0 amide bonds. The van der Waals surface area contributed by atoms with Gasteiger partial charge in [-0.3, -0.25) is 4.79 Å². The van der Waals surface area contributed by atoms with Gasteiger partial charge in [-0.15, -0.1) is 0 Å². The highest BCUT2D eigenvalue weighted by atomic mass is 16.4. The normalized spacial score (nSPS) is 10.9. The molecule has 2 N–H and O–H groups in total. The summed E-state index contributed by atoms with van der Waals surface area (Å²) in [5.74, 6) is -0.625. The van der Waals surface area contributed by atoms with Crippen LogP contribution in [-0.4, -0.2) is 25.5 Å². The molecule has 2 heterocycles. The molecule has 0 fully saturated rings. The number of hydrogen-bond donors (Lipinski definition) is 1. The van der Waals surface area contributed by atoms with Crippen LogP contribution in [0, 0.1) is 6.92 Å². The third kappa shape index (κ3) is 4.75. The van der Waals surface area contributed by atoms with E-state index in [2.05, 4.69) is 10.2 Å². The zero-order chi connectivity index (χ0) is 22.7. The first-order valence-electron chi connectivity index (χ1n) is 10.2. The van der Waals surface area contributed by atoms with Gasteiger partial charge in [-0.05, 0) is 48.2 Å². The van der Waals surface area contributed by atoms with E-state index in [0.29, 0.717) is 23.6 Å². The molecule has 162 valence electrons. The number of carbonyl (C=O) groups excluding carboxylic acids is 1. The first kappa shape index (κ1) is 21.0. The minimum atomic E-state index is -1.26. The molecule has 0 unspecified atom stereocenters. The molecule has 0 bridgehead atoms. The molecule has 0 aliphatic heterocycles. The predicted octanol–water partition coefficient (Wildman–Crippen LogP) is 1.65. The number of carboxylic acids is 1. The van der Waals surface area contributed by atoms with Crippen LogP contribution >= 0.6 is 0 Å². The second-order valence-corrected chi connectivity index (χ2v) is 7.59. The fourth-order valence-corrected chi connectivity index (χ4v) is 3.55. The number of rotatable bonds is 7. The number of benzene rings is 2. The van der Waals surface area contributed by atoms with E-state index in [1.807, 2.05) is 37.3 Å². The number of anilines is 1. The Morgan fingerprint density at radius 1 is 0.969 bits per heavy atom. The summed E-state index contributed by atoms with van der Waals surface area (Å²) in [6.45, 7) is 2.72. The summed E-state index contributed by atoms with van der Waals surface area (Å²) >= 11 is 0. The largest absolute Gasteiger partial charge is 0.545 e. The minimum absolute atomic E-state index is 0.0624. The number of aromatic nitrogens is 4. The second kappa shape index (κ2) is 8.89. The van der Waals surface area contributed by atoms with Crippen molar-refractivity contribution >= 4 is 11.8 Å². The van der Waals surface area contributed by atoms with Crippen molar-refractivity contribution in [1.29, 1.82) is 0 Å². The highest BCUT2D eigenvalue weighted by Gasteiger charge is 2.07. The summed E-state index contributed by atoms with van der Waals surface area (Å²) in [6, 6.07) is 19.2. The Bertz CT molecular complexity index is 1340. The summed E-state index contributed by atoms with van der Waals surface area (Å²) < 4.78 is 3.10. The van der Waals surface area contributed by atoms with E-state index in [9.17, 15) is 14.7 Å². The van der Waals surface area contributed by atoms with Gasteiger partial charge in [-0.1, -0.05) is 36.4 Å². The van der Waals surface area contributed by atoms with Crippen LogP contribution in [0.4, 0.5) is 5.82 Å². The average molecular weight is 428 g/mol. The Balaban J connectivity index is 1.56. The molecule has 8 heteroatoms. The van der Waals surface area contributed by atoms with Crippen molar-refractivity contribution in [2.24, 2.45) is 0 Å². The van der Waals surface area contributed by atoms with E-state index in [1.165, 1.54) is 22.9 Å². The summed E-state index contributed by atoms with van der Waals surface area (Å²) in [7, 11) is 0. The summed E-state index contributed by atoms with van der Waals surface area (Å²) in [5, 5.41) is 20.0. The van der Waals surface area contributed by atoms with Crippen LogP contribution in [-0.2, 0) is 19.5 Å². The van der Waals surface area contributed by atoms with Crippen molar-refractivity contribution in [3.8, 4) is 11.3 Å². The quantitative estimate of drug-likeness (QED) is 0.478. The number of carboxylic acid groups (broad SMARTS) is 1. The van der Waals surface area contributed by atoms with Crippen molar-refractivity contribution < 1.29 is 9.90 Å². The van der Waals surface area contributed by atoms with Crippen LogP contribution < -0.4 is 16.4 Å². The molecular formula is C24H22N5O3-. The Morgan fingerprint density at radius 3 is 2.50 bits per heavy atom. The third-order valence-electron chi connectivity index (χ3n) is 5.13. The first-order valence-corrected chi connectivity index (χ1v) is 10.2. The van der Waals surface area contributed by atoms with Gasteiger partial charge in [-0.2, -0.15) is 10.2 Å². The smallest absolute Gasteiger partial charge is 0.267 e. The molecule has 0 saturated carbocycles. The molecule has 0 aliphatic rings. The third-order valence-corrected chi connectivity index (χ3v) is 5.13. The van der Waals surface area contributed by atoms with Crippen molar-refractivity contribution in [3.05, 3.63) is 99.5 Å². The number of hydrogen-bond acceptors (Lipinski definition) is 6. The zero-order valence-electron chi connectivity index (χ0n) is 17.6. The fourth-order valence-electron chi connectivity index (χ4n) is 3.55. The van der Waals surface area contributed by atoms with Gasteiger partial charge in [0, 0.05) is 24.2 Å². The minimum Gasteiger partial charge on any atom is -0.545 e. The van der Waals surface area contributed by atoms with Crippen molar-refractivity contribution in [1.82, 2.24) is 19.6 Å². The maximum absolute atomic E-state index is 12.3. The van der Waals surface area contributed by atoms with Crippen molar-refractivity contribution in [2.75, 3.05) is 5.73 Å². The maximum Gasteiger partial charge on any atom is 0.267 e. The highest BCUT2D eigenvalue weighted by Crippen LogP contribution is 2.18. The van der Waals surface area contributed by atoms with Gasteiger partial charge < -0.3 is 15.6 Å². The van der Waals surface area contributed by atoms with E-state index in [4.69, 9.17) is 5.73 Å². The topological polar surface area (TPSA) is 119 Å². The van der Waals surface area contributed by atoms with Gasteiger partial charge in [0.25, 0.3) is 5.56 Å². The lowest BCUT2D eigenvalue weighted by atomic mass is 10.1. The van der Waals surface area contributed by atoms with Crippen molar-refractivity contribution in [2.45, 2.75) is 26.4 Å². The van der Waals surface area contributed by atoms with Crippen LogP contribution in [0.3, 0.4) is 0 Å². The Morgan fingerprint density at radius 2 is 1.75 bits per heavy atom. The Kier molecular flexibility index (Phi) is 5.85. The number of nitrogen functional groups attached to an aromatic ring is 1. The predicted molar refractivity (Wildman–Crippen MR) is 119 cm³/mol. The van der Waals surface area contributed by atoms with Crippen molar-refractivity contribution in [3.63, 3.8) is 0 Å². The van der Waals surface area contributed by atoms with Gasteiger partial charge in [0.2, 0.25) is 0 Å². The molecule has 4 rings (SSSR count). The molecule has 0 saturated heterocycles. The van der Waals surface area contributed by atoms with Crippen LogP contribution in [0.15, 0.2) is 71.5 Å². The van der Waals surface area contributed by atoms with E-state index in [-0.39, 0.29) is 17.7 Å². The number of nitrogens with two attached hydrogens (primary N) is 1. The average Bonchev–Trinajstić information content (AvgIpc) is 3.11. The maximum atomic E-state index is 12.3. The van der Waals surface area contributed by atoms with Crippen LogP contribution in [0.2, 0.25) is 0 Å². The Hall–Kier alpha value is -4.20.